The van der Waals surface area contributed by atoms with E-state index in [1.165, 1.54) is 12.1 Å². The fourth-order valence-corrected chi connectivity index (χ4v) is 2.84. The van der Waals surface area contributed by atoms with Crippen molar-refractivity contribution in [2.24, 2.45) is 0 Å². The second-order valence-electron chi connectivity index (χ2n) is 5.92. The molecule has 1 amide bonds. The Kier molecular flexibility index (Phi) is 4.15. The number of amides is 1. The number of aromatic nitrogens is 3. The van der Waals surface area contributed by atoms with E-state index in [1.54, 1.807) is 42.7 Å². The molecule has 5 nitrogen and oxygen atoms in total. The van der Waals surface area contributed by atoms with Crippen molar-refractivity contribution in [2.45, 2.75) is 6.42 Å². The predicted octanol–water partition coefficient (Wildman–Crippen LogP) is 3.95. The van der Waals surface area contributed by atoms with Crippen molar-refractivity contribution in [1.82, 2.24) is 15.2 Å². The fourth-order valence-electron chi connectivity index (χ4n) is 2.84. The minimum Gasteiger partial charge on any atom is -0.326 e. The van der Waals surface area contributed by atoms with Gasteiger partial charge in [-0.1, -0.05) is 12.1 Å². The van der Waals surface area contributed by atoms with Crippen LogP contribution in [-0.2, 0) is 11.2 Å². The van der Waals surface area contributed by atoms with Gasteiger partial charge in [0.05, 0.1) is 11.9 Å². The molecule has 0 spiro atoms. The highest BCUT2D eigenvalue weighted by molar-refractivity contribution is 5.98. The quantitative estimate of drug-likeness (QED) is 0.588. The maximum Gasteiger partial charge on any atom is 0.228 e. The highest BCUT2D eigenvalue weighted by atomic mass is 19.1. The van der Waals surface area contributed by atoms with Crippen LogP contribution in [-0.4, -0.2) is 21.1 Å². The number of anilines is 1. The average Bonchev–Trinajstić information content (AvgIpc) is 3.06. The molecule has 0 aliphatic heterocycles. The van der Waals surface area contributed by atoms with Crippen LogP contribution in [0.5, 0.6) is 0 Å². The molecule has 26 heavy (non-hydrogen) atoms. The van der Waals surface area contributed by atoms with Crippen LogP contribution in [0.1, 0.15) is 5.56 Å². The van der Waals surface area contributed by atoms with Gasteiger partial charge in [0, 0.05) is 29.0 Å². The third kappa shape index (κ3) is 3.30. The van der Waals surface area contributed by atoms with Crippen LogP contribution < -0.4 is 5.32 Å². The van der Waals surface area contributed by atoms with Crippen LogP contribution in [0.4, 0.5) is 10.1 Å². The molecule has 0 fully saturated rings. The summed E-state index contributed by atoms with van der Waals surface area (Å²) in [5, 5.41) is 10.9. The number of aromatic amines is 1. The first-order chi connectivity index (χ1) is 12.7. The first-order valence-electron chi connectivity index (χ1n) is 8.12. The number of halogens is 1. The molecule has 128 valence electrons. The standard InChI is InChI=1S/C20H15FN4O/c21-15-3-1-2-14(11-15)20-17-12-16(4-5-18(17)24-25-20)23-19(26)10-13-6-8-22-9-7-13/h1-9,11-12H,10H2,(H,23,26)(H,24,25). The van der Waals surface area contributed by atoms with Crippen LogP contribution in [0.25, 0.3) is 22.2 Å². The summed E-state index contributed by atoms with van der Waals surface area (Å²) in [5.41, 5.74) is 3.69. The van der Waals surface area contributed by atoms with Gasteiger partial charge in [-0.05, 0) is 48.0 Å². The largest absolute Gasteiger partial charge is 0.326 e. The lowest BCUT2D eigenvalue weighted by Crippen LogP contribution is -2.14. The Morgan fingerprint density at radius 3 is 2.73 bits per heavy atom. The number of fused-ring (bicyclic) bond motifs is 1. The third-order valence-electron chi connectivity index (χ3n) is 4.06. The molecule has 0 unspecified atom stereocenters. The zero-order valence-corrected chi connectivity index (χ0v) is 13.7. The summed E-state index contributed by atoms with van der Waals surface area (Å²) >= 11 is 0. The van der Waals surface area contributed by atoms with Crippen molar-refractivity contribution in [1.29, 1.82) is 0 Å². The second kappa shape index (κ2) is 6.76. The van der Waals surface area contributed by atoms with Crippen LogP contribution in [0.3, 0.4) is 0 Å². The average molecular weight is 346 g/mol. The van der Waals surface area contributed by atoms with Crippen molar-refractivity contribution < 1.29 is 9.18 Å². The van der Waals surface area contributed by atoms with Gasteiger partial charge in [0.1, 0.15) is 11.5 Å². The van der Waals surface area contributed by atoms with Crippen LogP contribution >= 0.6 is 0 Å². The number of nitrogens with one attached hydrogen (secondary N) is 2. The van der Waals surface area contributed by atoms with Gasteiger partial charge >= 0.3 is 0 Å². The van der Waals surface area contributed by atoms with E-state index in [1.807, 2.05) is 12.1 Å². The van der Waals surface area contributed by atoms with E-state index in [0.717, 1.165) is 16.5 Å². The molecule has 0 aliphatic carbocycles. The van der Waals surface area contributed by atoms with Gasteiger partial charge in [-0.2, -0.15) is 5.10 Å². The molecule has 2 aromatic heterocycles. The van der Waals surface area contributed by atoms with Crippen LogP contribution in [0, 0.1) is 5.82 Å². The van der Waals surface area contributed by atoms with Crippen LogP contribution in [0.15, 0.2) is 67.0 Å². The number of carbonyl (C=O) groups is 1. The zero-order valence-electron chi connectivity index (χ0n) is 13.7. The molecule has 0 saturated carbocycles. The van der Waals surface area contributed by atoms with Gasteiger partial charge in [0.15, 0.2) is 0 Å². The molecule has 4 aromatic rings. The van der Waals surface area contributed by atoms with Gasteiger partial charge in [0.2, 0.25) is 5.91 Å². The lowest BCUT2D eigenvalue weighted by atomic mass is 10.1. The van der Waals surface area contributed by atoms with Gasteiger partial charge in [-0.25, -0.2) is 4.39 Å². The molecule has 2 N–H and O–H groups in total. The molecular weight excluding hydrogens is 331 g/mol. The van der Waals surface area contributed by atoms with Crippen molar-refractivity contribution in [3.05, 3.63) is 78.4 Å². The lowest BCUT2D eigenvalue weighted by Gasteiger charge is -2.06. The van der Waals surface area contributed by atoms with E-state index < -0.39 is 0 Å². The normalized spacial score (nSPS) is 10.8. The maximum absolute atomic E-state index is 13.5. The van der Waals surface area contributed by atoms with Crippen LogP contribution in [0.2, 0.25) is 0 Å². The molecular formula is C20H15FN4O. The monoisotopic (exact) mass is 346 g/mol. The highest BCUT2D eigenvalue weighted by Gasteiger charge is 2.11. The van der Waals surface area contributed by atoms with E-state index in [9.17, 15) is 9.18 Å². The molecule has 2 aromatic carbocycles. The molecule has 4 rings (SSSR count). The Balaban J connectivity index is 1.61. The summed E-state index contributed by atoms with van der Waals surface area (Å²) in [4.78, 5) is 16.2. The minimum absolute atomic E-state index is 0.119. The van der Waals surface area contributed by atoms with Crippen molar-refractivity contribution in [3.8, 4) is 11.3 Å². The number of hydrogen-bond acceptors (Lipinski definition) is 3. The molecule has 6 heteroatoms. The topological polar surface area (TPSA) is 70.7 Å². The third-order valence-corrected chi connectivity index (χ3v) is 4.06. The Hall–Kier alpha value is -3.54. The number of pyridine rings is 1. The SMILES string of the molecule is O=C(Cc1ccncc1)Nc1ccc2[nH]nc(-c3cccc(F)c3)c2c1. The molecule has 2 heterocycles. The van der Waals surface area contributed by atoms with E-state index in [0.29, 0.717) is 16.9 Å². The molecule has 0 aliphatic rings. The van der Waals surface area contributed by atoms with E-state index in [-0.39, 0.29) is 18.1 Å². The summed E-state index contributed by atoms with van der Waals surface area (Å²) < 4.78 is 13.5. The zero-order chi connectivity index (χ0) is 17.9. The van der Waals surface area contributed by atoms with E-state index in [4.69, 9.17) is 0 Å². The number of rotatable bonds is 4. The first-order valence-corrected chi connectivity index (χ1v) is 8.12. The highest BCUT2D eigenvalue weighted by Crippen LogP contribution is 2.28. The smallest absolute Gasteiger partial charge is 0.228 e. The van der Waals surface area contributed by atoms with Gasteiger partial charge in [-0.15, -0.1) is 0 Å². The Bertz CT molecular complexity index is 1080. The lowest BCUT2D eigenvalue weighted by molar-refractivity contribution is -0.115. The summed E-state index contributed by atoms with van der Waals surface area (Å²) in [7, 11) is 0. The Morgan fingerprint density at radius 1 is 1.08 bits per heavy atom. The van der Waals surface area contributed by atoms with Gasteiger partial charge in [0.25, 0.3) is 0 Å². The number of nitrogens with zero attached hydrogens (tertiary/aromatic N) is 2. The fraction of sp³-hybridized carbons (Fsp3) is 0.0500. The first kappa shape index (κ1) is 16.0. The molecule has 0 bridgehead atoms. The number of H-pyrrole nitrogens is 1. The summed E-state index contributed by atoms with van der Waals surface area (Å²) in [6, 6.07) is 15.4. The maximum atomic E-state index is 13.5. The van der Waals surface area contributed by atoms with Gasteiger partial charge < -0.3 is 5.32 Å². The summed E-state index contributed by atoms with van der Waals surface area (Å²) in [5.74, 6) is -0.438. The van der Waals surface area contributed by atoms with Gasteiger partial charge in [-0.3, -0.25) is 14.9 Å². The van der Waals surface area contributed by atoms with E-state index >= 15 is 0 Å². The summed E-state index contributed by atoms with van der Waals surface area (Å²) in [6.45, 7) is 0. The van der Waals surface area contributed by atoms with Crippen molar-refractivity contribution in [3.63, 3.8) is 0 Å². The minimum atomic E-state index is -0.319. The number of carbonyl (C=O) groups excluding carboxylic acids is 1. The second-order valence-corrected chi connectivity index (χ2v) is 5.92. The Morgan fingerprint density at radius 2 is 1.92 bits per heavy atom. The number of hydrogen-bond donors (Lipinski definition) is 2. The molecule has 0 saturated heterocycles. The number of benzene rings is 2. The van der Waals surface area contributed by atoms with Crippen molar-refractivity contribution >= 4 is 22.5 Å². The molecule has 0 radical (unpaired) electrons. The van der Waals surface area contributed by atoms with E-state index in [2.05, 4.69) is 20.5 Å². The Labute approximate surface area is 148 Å². The predicted molar refractivity (Wildman–Crippen MR) is 98.1 cm³/mol. The van der Waals surface area contributed by atoms with Crippen molar-refractivity contribution in [2.75, 3.05) is 5.32 Å². The molecule has 0 atom stereocenters. The summed E-state index contributed by atoms with van der Waals surface area (Å²) in [6.07, 6.45) is 3.58.